The Bertz CT molecular complexity index is 827. The highest BCUT2D eigenvalue weighted by Crippen LogP contribution is 2.31. The number of para-hydroxylation sites is 1. The molecule has 0 unspecified atom stereocenters. The van der Waals surface area contributed by atoms with Crippen molar-refractivity contribution < 1.29 is 9.69 Å². The summed E-state index contributed by atoms with van der Waals surface area (Å²) in [5.41, 5.74) is 1.05. The van der Waals surface area contributed by atoms with Gasteiger partial charge in [0, 0.05) is 13.1 Å². The fourth-order valence-electron chi connectivity index (χ4n) is 4.30. The molecule has 0 saturated carbocycles. The maximum atomic E-state index is 13.1. The van der Waals surface area contributed by atoms with E-state index < -0.39 is 0 Å². The first-order valence-corrected chi connectivity index (χ1v) is 12.1. The molecule has 0 radical (unpaired) electrons. The summed E-state index contributed by atoms with van der Waals surface area (Å²) in [5, 5.41) is 9.68. The molecule has 7 nitrogen and oxygen atoms in total. The Morgan fingerprint density at radius 1 is 1.07 bits per heavy atom. The summed E-state index contributed by atoms with van der Waals surface area (Å²) >= 11 is 1.52. The predicted molar refractivity (Wildman–Crippen MR) is 121 cm³/mol. The van der Waals surface area contributed by atoms with Gasteiger partial charge in [-0.3, -0.25) is 9.36 Å². The standard InChI is InChI=1S/C22H32N6OS/c1-3-25-14-16-26(17-15-25)20(29)18(2)30-22-24-23-21(27-12-8-5-9-13-27)28(22)19-10-6-4-7-11-19/h4,6-7,10-11,18H,3,5,8-9,12-17H2,1-2H3/p+1/t18-/m1/s1. The van der Waals surface area contributed by atoms with Crippen LogP contribution < -0.4 is 9.80 Å². The molecule has 162 valence electrons. The monoisotopic (exact) mass is 429 g/mol. The van der Waals surface area contributed by atoms with E-state index in [1.807, 2.05) is 30.0 Å². The van der Waals surface area contributed by atoms with Crippen LogP contribution in [0.4, 0.5) is 5.95 Å². The smallest absolute Gasteiger partial charge is 0.236 e. The number of hydrogen-bond acceptors (Lipinski definition) is 5. The molecule has 1 amide bonds. The Kier molecular flexibility index (Phi) is 6.94. The van der Waals surface area contributed by atoms with Crippen LogP contribution in [0.1, 0.15) is 33.1 Å². The van der Waals surface area contributed by atoms with Crippen molar-refractivity contribution in [2.75, 3.05) is 50.7 Å². The Morgan fingerprint density at radius 2 is 1.77 bits per heavy atom. The predicted octanol–water partition coefficient (Wildman–Crippen LogP) is 1.49. The first-order chi connectivity index (χ1) is 14.7. The third-order valence-electron chi connectivity index (χ3n) is 6.18. The van der Waals surface area contributed by atoms with Crippen molar-refractivity contribution in [3.05, 3.63) is 30.3 Å². The number of amides is 1. The van der Waals surface area contributed by atoms with Crippen LogP contribution in [-0.4, -0.2) is 76.6 Å². The van der Waals surface area contributed by atoms with Gasteiger partial charge in [0.2, 0.25) is 11.9 Å². The minimum atomic E-state index is -0.186. The summed E-state index contributed by atoms with van der Waals surface area (Å²) in [4.78, 5) is 19.0. The molecule has 0 aliphatic carbocycles. The minimum absolute atomic E-state index is 0.186. The molecule has 1 atom stereocenters. The van der Waals surface area contributed by atoms with Gasteiger partial charge < -0.3 is 14.7 Å². The number of hydrogen-bond donors (Lipinski definition) is 1. The van der Waals surface area contributed by atoms with E-state index in [9.17, 15) is 4.79 Å². The Balaban J connectivity index is 1.53. The molecule has 1 aromatic heterocycles. The number of nitrogens with one attached hydrogen (secondary N) is 1. The second-order valence-electron chi connectivity index (χ2n) is 8.19. The van der Waals surface area contributed by atoms with E-state index in [-0.39, 0.29) is 11.2 Å². The van der Waals surface area contributed by atoms with E-state index >= 15 is 0 Å². The number of anilines is 1. The van der Waals surface area contributed by atoms with Crippen LogP contribution in [0.5, 0.6) is 0 Å². The molecular formula is C22H33N6OS+. The Hall–Kier alpha value is -2.06. The number of benzene rings is 1. The number of piperidine rings is 1. The molecule has 0 bridgehead atoms. The van der Waals surface area contributed by atoms with E-state index in [1.54, 1.807) is 4.90 Å². The van der Waals surface area contributed by atoms with Crippen LogP contribution in [0.25, 0.3) is 5.69 Å². The average Bonchev–Trinajstić information content (AvgIpc) is 3.23. The van der Waals surface area contributed by atoms with Gasteiger partial charge in [-0.2, -0.15) is 0 Å². The van der Waals surface area contributed by atoms with E-state index in [0.29, 0.717) is 0 Å². The molecule has 2 aromatic rings. The van der Waals surface area contributed by atoms with Crippen molar-refractivity contribution in [2.24, 2.45) is 0 Å². The highest BCUT2D eigenvalue weighted by Gasteiger charge is 2.29. The van der Waals surface area contributed by atoms with E-state index in [0.717, 1.165) is 62.6 Å². The molecule has 3 heterocycles. The second-order valence-corrected chi connectivity index (χ2v) is 9.50. The van der Waals surface area contributed by atoms with Crippen molar-refractivity contribution in [1.82, 2.24) is 19.7 Å². The number of piperazine rings is 1. The first-order valence-electron chi connectivity index (χ1n) is 11.2. The second kappa shape index (κ2) is 9.83. The zero-order valence-corrected chi connectivity index (χ0v) is 18.9. The quantitative estimate of drug-likeness (QED) is 0.705. The third kappa shape index (κ3) is 4.64. The van der Waals surface area contributed by atoms with Crippen LogP contribution in [0.15, 0.2) is 35.5 Å². The van der Waals surface area contributed by atoms with Crippen LogP contribution in [0.2, 0.25) is 0 Å². The lowest BCUT2D eigenvalue weighted by molar-refractivity contribution is -0.902. The number of carbonyl (C=O) groups is 1. The van der Waals surface area contributed by atoms with E-state index in [2.05, 4.69) is 38.7 Å². The highest BCUT2D eigenvalue weighted by molar-refractivity contribution is 8.00. The third-order valence-corrected chi connectivity index (χ3v) is 7.21. The number of aromatic nitrogens is 3. The minimum Gasteiger partial charge on any atom is -0.341 e. The number of rotatable bonds is 6. The largest absolute Gasteiger partial charge is 0.341 e. The lowest BCUT2D eigenvalue weighted by Gasteiger charge is -2.33. The first kappa shape index (κ1) is 21.2. The molecule has 2 aliphatic heterocycles. The van der Waals surface area contributed by atoms with Gasteiger partial charge in [-0.05, 0) is 45.2 Å². The molecule has 30 heavy (non-hydrogen) atoms. The Labute approximate surface area is 183 Å². The zero-order chi connectivity index (χ0) is 20.9. The van der Waals surface area contributed by atoms with Crippen LogP contribution in [0, 0.1) is 0 Å². The summed E-state index contributed by atoms with van der Waals surface area (Å²) in [6.45, 7) is 11.1. The molecule has 1 N–H and O–H groups in total. The lowest BCUT2D eigenvalue weighted by atomic mass is 10.1. The van der Waals surface area contributed by atoms with Gasteiger partial charge in [0.15, 0.2) is 5.16 Å². The molecule has 0 spiro atoms. The van der Waals surface area contributed by atoms with E-state index in [4.69, 9.17) is 0 Å². The average molecular weight is 430 g/mol. The molecule has 2 fully saturated rings. The van der Waals surface area contributed by atoms with Gasteiger partial charge in [-0.15, -0.1) is 10.2 Å². The molecule has 2 saturated heterocycles. The van der Waals surface area contributed by atoms with Gasteiger partial charge in [0.05, 0.1) is 43.7 Å². The maximum Gasteiger partial charge on any atom is 0.236 e. The van der Waals surface area contributed by atoms with Crippen LogP contribution in [0.3, 0.4) is 0 Å². The van der Waals surface area contributed by atoms with Crippen molar-refractivity contribution in [3.63, 3.8) is 0 Å². The van der Waals surface area contributed by atoms with Crippen molar-refractivity contribution in [3.8, 4) is 5.69 Å². The topological polar surface area (TPSA) is 58.7 Å². The fraction of sp³-hybridized carbons (Fsp3) is 0.591. The van der Waals surface area contributed by atoms with Crippen LogP contribution >= 0.6 is 11.8 Å². The molecular weight excluding hydrogens is 396 g/mol. The number of likely N-dealkylation sites (N-methyl/N-ethyl adjacent to an activating group) is 1. The summed E-state index contributed by atoms with van der Waals surface area (Å²) in [6, 6.07) is 10.3. The molecule has 8 heteroatoms. The summed E-state index contributed by atoms with van der Waals surface area (Å²) in [5.74, 6) is 1.10. The number of thioether (sulfide) groups is 1. The number of quaternary nitrogens is 1. The molecule has 2 aliphatic rings. The highest BCUT2D eigenvalue weighted by atomic mass is 32.2. The number of nitrogens with zero attached hydrogens (tertiary/aromatic N) is 5. The van der Waals surface area contributed by atoms with Gasteiger partial charge >= 0.3 is 0 Å². The Morgan fingerprint density at radius 3 is 2.43 bits per heavy atom. The van der Waals surface area contributed by atoms with Crippen LogP contribution in [-0.2, 0) is 4.79 Å². The summed E-state index contributed by atoms with van der Waals surface area (Å²) in [6.07, 6.45) is 3.64. The van der Waals surface area contributed by atoms with Crippen molar-refractivity contribution in [2.45, 2.75) is 43.5 Å². The lowest BCUT2D eigenvalue weighted by Crippen LogP contribution is -3.14. The van der Waals surface area contributed by atoms with Crippen molar-refractivity contribution in [1.29, 1.82) is 0 Å². The van der Waals surface area contributed by atoms with E-state index in [1.165, 1.54) is 31.0 Å². The van der Waals surface area contributed by atoms with Gasteiger partial charge in [0.1, 0.15) is 0 Å². The molecule has 1 aromatic carbocycles. The number of carbonyl (C=O) groups excluding carboxylic acids is 1. The van der Waals surface area contributed by atoms with Gasteiger partial charge in [-0.1, -0.05) is 30.0 Å². The normalized spacial score (nSPS) is 19.1. The van der Waals surface area contributed by atoms with Crippen molar-refractivity contribution >= 4 is 23.6 Å². The van der Waals surface area contributed by atoms with Gasteiger partial charge in [-0.25, -0.2) is 0 Å². The SMILES string of the molecule is CC[NH+]1CCN(C(=O)[C@@H](C)Sc2nnc(N3CCCCC3)n2-c2ccccc2)CC1. The summed E-state index contributed by atoms with van der Waals surface area (Å²) in [7, 11) is 0. The van der Waals surface area contributed by atoms with Gasteiger partial charge in [0.25, 0.3) is 0 Å². The fourth-order valence-corrected chi connectivity index (χ4v) is 5.25. The summed E-state index contributed by atoms with van der Waals surface area (Å²) < 4.78 is 2.12. The maximum absolute atomic E-state index is 13.1. The zero-order valence-electron chi connectivity index (χ0n) is 18.1. The molecule has 4 rings (SSSR count).